The number of methoxy groups -OCH3 is 1. The molecule has 20 heavy (non-hydrogen) atoms. The Morgan fingerprint density at radius 3 is 2.80 bits per heavy atom. The van der Waals surface area contributed by atoms with E-state index in [4.69, 9.17) is 4.74 Å². The Morgan fingerprint density at radius 2 is 2.20 bits per heavy atom. The van der Waals surface area contributed by atoms with Gasteiger partial charge in [0.15, 0.2) is 0 Å². The van der Waals surface area contributed by atoms with Crippen LogP contribution in [0.25, 0.3) is 0 Å². The Bertz CT molecular complexity index is 331. The minimum absolute atomic E-state index is 0.0254. The van der Waals surface area contributed by atoms with Gasteiger partial charge in [-0.25, -0.2) is 0 Å². The van der Waals surface area contributed by atoms with E-state index in [0.717, 1.165) is 12.8 Å². The zero-order chi connectivity index (χ0) is 15.0. The van der Waals surface area contributed by atoms with Crippen molar-refractivity contribution in [3.8, 4) is 0 Å². The first kappa shape index (κ1) is 16.9. The van der Waals surface area contributed by atoms with Gasteiger partial charge in [0.05, 0.1) is 18.6 Å². The molecule has 1 aliphatic rings. The van der Waals surface area contributed by atoms with Crippen LogP contribution in [0.5, 0.6) is 0 Å². The highest BCUT2D eigenvalue weighted by Gasteiger charge is 2.42. The average molecular weight is 286 g/mol. The molecule has 0 radical (unpaired) electrons. The second kappa shape index (κ2) is 8.21. The fourth-order valence-corrected chi connectivity index (χ4v) is 2.79. The van der Waals surface area contributed by atoms with Gasteiger partial charge in [-0.05, 0) is 19.3 Å². The molecular weight excluding hydrogens is 260 g/mol. The van der Waals surface area contributed by atoms with Gasteiger partial charge >= 0.3 is 5.97 Å². The molecule has 1 heterocycles. The number of hydrogen-bond donors (Lipinski definition) is 2. The Kier molecular flexibility index (Phi) is 6.95. The van der Waals surface area contributed by atoms with Crippen molar-refractivity contribution in [3.63, 3.8) is 0 Å². The topological polar surface area (TPSA) is 78.9 Å². The summed E-state index contributed by atoms with van der Waals surface area (Å²) in [4.78, 5) is 25.4. The SMILES string of the molecule is CCCC1(C(=O)O)CCCN(C(=O)CNCCOC)C1. The first-order chi connectivity index (χ1) is 9.55. The summed E-state index contributed by atoms with van der Waals surface area (Å²) in [6.07, 6.45) is 2.87. The molecule has 116 valence electrons. The number of carbonyl (C=O) groups is 2. The third-order valence-electron chi connectivity index (χ3n) is 3.87. The number of ether oxygens (including phenoxy) is 1. The van der Waals surface area contributed by atoms with Crippen LogP contribution in [0, 0.1) is 5.41 Å². The maximum atomic E-state index is 12.1. The molecule has 0 spiro atoms. The smallest absolute Gasteiger partial charge is 0.311 e. The van der Waals surface area contributed by atoms with Crippen LogP contribution in [0.3, 0.4) is 0 Å². The van der Waals surface area contributed by atoms with Crippen molar-refractivity contribution in [2.45, 2.75) is 32.6 Å². The number of carboxylic acids is 1. The van der Waals surface area contributed by atoms with Crippen LogP contribution < -0.4 is 5.32 Å². The molecule has 6 nitrogen and oxygen atoms in total. The maximum absolute atomic E-state index is 12.1. The number of nitrogens with zero attached hydrogens (tertiary/aromatic N) is 1. The number of likely N-dealkylation sites (tertiary alicyclic amines) is 1. The van der Waals surface area contributed by atoms with E-state index in [9.17, 15) is 14.7 Å². The highest BCUT2D eigenvalue weighted by molar-refractivity contribution is 5.81. The fraction of sp³-hybridized carbons (Fsp3) is 0.857. The standard InChI is InChI=1S/C14H26N2O4/c1-3-5-14(13(18)19)6-4-8-16(11-14)12(17)10-15-7-9-20-2/h15H,3-11H2,1-2H3,(H,18,19). The molecule has 1 saturated heterocycles. The number of rotatable bonds is 8. The lowest BCUT2D eigenvalue weighted by molar-refractivity contribution is -0.155. The van der Waals surface area contributed by atoms with Crippen molar-refractivity contribution in [2.75, 3.05) is 39.9 Å². The molecule has 1 fully saturated rings. The summed E-state index contributed by atoms with van der Waals surface area (Å²) in [5, 5.41) is 12.5. The third-order valence-corrected chi connectivity index (χ3v) is 3.87. The molecular formula is C14H26N2O4. The summed E-state index contributed by atoms with van der Waals surface area (Å²) < 4.78 is 4.90. The highest BCUT2D eigenvalue weighted by Crippen LogP contribution is 2.35. The van der Waals surface area contributed by atoms with E-state index in [1.54, 1.807) is 12.0 Å². The van der Waals surface area contributed by atoms with E-state index >= 15 is 0 Å². The second-order valence-corrected chi connectivity index (χ2v) is 5.42. The minimum Gasteiger partial charge on any atom is -0.481 e. The lowest BCUT2D eigenvalue weighted by Crippen LogP contribution is -2.51. The lowest BCUT2D eigenvalue weighted by Gasteiger charge is -2.40. The van der Waals surface area contributed by atoms with Crippen LogP contribution in [0.1, 0.15) is 32.6 Å². The van der Waals surface area contributed by atoms with Gasteiger partial charge < -0.3 is 20.1 Å². The third kappa shape index (κ3) is 4.45. The molecule has 0 aromatic heterocycles. The molecule has 1 amide bonds. The highest BCUT2D eigenvalue weighted by atomic mass is 16.5. The Labute approximate surface area is 120 Å². The molecule has 1 unspecified atom stereocenters. The number of aliphatic carboxylic acids is 1. The van der Waals surface area contributed by atoms with E-state index in [1.807, 2.05) is 6.92 Å². The van der Waals surface area contributed by atoms with Crippen molar-refractivity contribution in [3.05, 3.63) is 0 Å². The molecule has 0 aliphatic carbocycles. The Balaban J connectivity index is 2.54. The minimum atomic E-state index is -0.774. The zero-order valence-electron chi connectivity index (χ0n) is 12.5. The number of hydrogen-bond acceptors (Lipinski definition) is 4. The lowest BCUT2D eigenvalue weighted by atomic mass is 9.76. The normalized spacial score (nSPS) is 22.8. The summed E-state index contributed by atoms with van der Waals surface area (Å²) in [5.74, 6) is -0.799. The number of carbonyl (C=O) groups excluding carboxylic acids is 1. The van der Waals surface area contributed by atoms with Crippen LogP contribution in [0.2, 0.25) is 0 Å². The largest absolute Gasteiger partial charge is 0.481 e. The van der Waals surface area contributed by atoms with Gasteiger partial charge in [-0.15, -0.1) is 0 Å². The van der Waals surface area contributed by atoms with Gasteiger partial charge in [0.1, 0.15) is 0 Å². The van der Waals surface area contributed by atoms with Gasteiger partial charge in [0.25, 0.3) is 0 Å². The van der Waals surface area contributed by atoms with Crippen molar-refractivity contribution in [1.82, 2.24) is 10.2 Å². The molecule has 0 aromatic rings. The number of piperidine rings is 1. The van der Waals surface area contributed by atoms with Crippen LogP contribution in [0.4, 0.5) is 0 Å². The Morgan fingerprint density at radius 1 is 1.45 bits per heavy atom. The summed E-state index contributed by atoms with van der Waals surface area (Å²) >= 11 is 0. The molecule has 1 atom stereocenters. The predicted molar refractivity (Wildman–Crippen MR) is 75.5 cm³/mol. The molecule has 2 N–H and O–H groups in total. The number of amides is 1. The molecule has 6 heteroatoms. The summed E-state index contributed by atoms with van der Waals surface area (Å²) in [5.41, 5.74) is -0.755. The van der Waals surface area contributed by atoms with Gasteiger partial charge in [-0.2, -0.15) is 0 Å². The molecule has 0 saturated carbocycles. The van der Waals surface area contributed by atoms with E-state index < -0.39 is 11.4 Å². The fourth-order valence-electron chi connectivity index (χ4n) is 2.79. The molecule has 1 aliphatic heterocycles. The first-order valence-electron chi connectivity index (χ1n) is 7.26. The molecule has 0 aromatic carbocycles. The van der Waals surface area contributed by atoms with E-state index in [-0.39, 0.29) is 12.5 Å². The number of carboxylic acid groups (broad SMARTS) is 1. The van der Waals surface area contributed by atoms with E-state index in [1.165, 1.54) is 0 Å². The predicted octanol–water partition coefficient (Wildman–Crippen LogP) is 0.716. The van der Waals surface area contributed by atoms with Gasteiger partial charge in [-0.1, -0.05) is 13.3 Å². The van der Waals surface area contributed by atoms with Crippen LogP contribution in [0.15, 0.2) is 0 Å². The summed E-state index contributed by atoms with van der Waals surface area (Å²) in [6, 6.07) is 0. The zero-order valence-corrected chi connectivity index (χ0v) is 12.5. The van der Waals surface area contributed by atoms with E-state index in [2.05, 4.69) is 5.32 Å². The molecule has 0 bridgehead atoms. The van der Waals surface area contributed by atoms with Gasteiger partial charge in [0, 0.05) is 26.7 Å². The van der Waals surface area contributed by atoms with Crippen LogP contribution in [-0.4, -0.2) is 61.8 Å². The van der Waals surface area contributed by atoms with Crippen molar-refractivity contribution in [1.29, 1.82) is 0 Å². The van der Waals surface area contributed by atoms with Crippen molar-refractivity contribution in [2.24, 2.45) is 5.41 Å². The van der Waals surface area contributed by atoms with Crippen molar-refractivity contribution < 1.29 is 19.4 Å². The van der Waals surface area contributed by atoms with Crippen molar-refractivity contribution >= 4 is 11.9 Å². The second-order valence-electron chi connectivity index (χ2n) is 5.42. The quantitative estimate of drug-likeness (QED) is 0.643. The average Bonchev–Trinajstić information content (AvgIpc) is 2.44. The monoisotopic (exact) mass is 286 g/mol. The summed E-state index contributed by atoms with van der Waals surface area (Å²) in [7, 11) is 1.61. The first-order valence-corrected chi connectivity index (χ1v) is 7.26. The molecule has 1 rings (SSSR count). The summed E-state index contributed by atoms with van der Waals surface area (Å²) in [6.45, 7) is 4.39. The van der Waals surface area contributed by atoms with Gasteiger partial charge in [0.2, 0.25) is 5.91 Å². The van der Waals surface area contributed by atoms with Crippen LogP contribution in [-0.2, 0) is 14.3 Å². The maximum Gasteiger partial charge on any atom is 0.311 e. The van der Waals surface area contributed by atoms with Crippen LogP contribution >= 0.6 is 0 Å². The Hall–Kier alpha value is -1.14. The van der Waals surface area contributed by atoms with Gasteiger partial charge in [-0.3, -0.25) is 9.59 Å². The van der Waals surface area contributed by atoms with E-state index in [0.29, 0.717) is 39.1 Å². The number of nitrogens with one attached hydrogen (secondary N) is 1.